The lowest BCUT2D eigenvalue weighted by Crippen LogP contribution is -2.24. The summed E-state index contributed by atoms with van der Waals surface area (Å²) in [7, 11) is 0. The van der Waals surface area contributed by atoms with Gasteiger partial charge in [-0.2, -0.15) is 14.9 Å². The molecule has 4 rings (SSSR count). The van der Waals surface area contributed by atoms with Crippen molar-refractivity contribution in [3.63, 3.8) is 0 Å². The van der Waals surface area contributed by atoms with Gasteiger partial charge in [0.15, 0.2) is 0 Å². The zero-order valence-electron chi connectivity index (χ0n) is 13.5. The van der Waals surface area contributed by atoms with E-state index in [1.807, 2.05) is 68.4 Å². The Morgan fingerprint density at radius 3 is 2.33 bits per heavy atom. The van der Waals surface area contributed by atoms with E-state index in [4.69, 9.17) is 0 Å². The average molecular weight is 316 g/mol. The topological polar surface area (TPSA) is 52.7 Å². The molecule has 0 aliphatic heterocycles. The van der Waals surface area contributed by atoms with Gasteiger partial charge in [-0.05, 0) is 37.6 Å². The third kappa shape index (κ3) is 2.13. The molecule has 0 bridgehead atoms. The number of para-hydroxylation sites is 2. The van der Waals surface area contributed by atoms with Crippen molar-refractivity contribution >= 4 is 10.9 Å². The summed E-state index contributed by atoms with van der Waals surface area (Å²) in [6.45, 7) is 3.90. The third-order valence-corrected chi connectivity index (χ3v) is 4.15. The molecule has 0 N–H and O–H groups in total. The van der Waals surface area contributed by atoms with Crippen LogP contribution in [0.4, 0.5) is 0 Å². The van der Waals surface area contributed by atoms with Crippen LogP contribution in [0.5, 0.6) is 0 Å². The number of hydrogen-bond acceptors (Lipinski definition) is 3. The summed E-state index contributed by atoms with van der Waals surface area (Å²) in [4.78, 5) is 13.1. The molecule has 118 valence electrons. The molecule has 0 spiro atoms. The van der Waals surface area contributed by atoms with Crippen molar-refractivity contribution in [3.05, 3.63) is 82.4 Å². The SMILES string of the molecule is Cc1ccccc1-n1ncc2c(C)nn(-c3ccccc3)c(=O)c21. The third-order valence-electron chi connectivity index (χ3n) is 4.15. The summed E-state index contributed by atoms with van der Waals surface area (Å²) in [6.07, 6.45) is 1.71. The second-order valence-corrected chi connectivity index (χ2v) is 5.74. The van der Waals surface area contributed by atoms with E-state index in [-0.39, 0.29) is 5.56 Å². The maximum absolute atomic E-state index is 13.1. The Bertz CT molecular complexity index is 1090. The van der Waals surface area contributed by atoms with E-state index in [9.17, 15) is 4.79 Å². The quantitative estimate of drug-likeness (QED) is 0.571. The number of fused-ring (bicyclic) bond motifs is 1. The number of benzene rings is 2. The van der Waals surface area contributed by atoms with Crippen molar-refractivity contribution in [1.29, 1.82) is 0 Å². The number of rotatable bonds is 2. The largest absolute Gasteiger partial charge is 0.298 e. The highest BCUT2D eigenvalue weighted by Gasteiger charge is 2.16. The predicted octanol–water partition coefficient (Wildman–Crippen LogP) is 3.19. The van der Waals surface area contributed by atoms with Crippen LogP contribution < -0.4 is 5.56 Å². The van der Waals surface area contributed by atoms with Crippen LogP contribution in [0, 0.1) is 13.8 Å². The molecule has 2 heterocycles. The fourth-order valence-corrected chi connectivity index (χ4v) is 2.90. The lowest BCUT2D eigenvalue weighted by atomic mass is 10.2. The average Bonchev–Trinajstić information content (AvgIpc) is 3.05. The van der Waals surface area contributed by atoms with E-state index in [0.29, 0.717) is 5.52 Å². The van der Waals surface area contributed by atoms with Crippen molar-refractivity contribution < 1.29 is 0 Å². The summed E-state index contributed by atoms with van der Waals surface area (Å²) in [5, 5.41) is 9.67. The molecule has 24 heavy (non-hydrogen) atoms. The standard InChI is InChI=1S/C19H16N4O/c1-13-8-6-7-11-17(13)23-18-16(12-20-23)14(2)21-22(19(18)24)15-9-4-3-5-10-15/h3-12H,1-2H3. The van der Waals surface area contributed by atoms with Crippen LogP contribution in [0.1, 0.15) is 11.3 Å². The van der Waals surface area contributed by atoms with E-state index < -0.39 is 0 Å². The Morgan fingerprint density at radius 1 is 0.875 bits per heavy atom. The molecule has 0 amide bonds. The van der Waals surface area contributed by atoms with Crippen LogP contribution in [-0.4, -0.2) is 19.6 Å². The molecule has 0 radical (unpaired) electrons. The van der Waals surface area contributed by atoms with Gasteiger partial charge in [0.05, 0.1) is 23.3 Å². The fourth-order valence-electron chi connectivity index (χ4n) is 2.90. The van der Waals surface area contributed by atoms with Gasteiger partial charge in [-0.25, -0.2) is 4.68 Å². The zero-order chi connectivity index (χ0) is 16.7. The fraction of sp³-hybridized carbons (Fsp3) is 0.105. The molecule has 0 saturated carbocycles. The van der Waals surface area contributed by atoms with Crippen LogP contribution in [0.15, 0.2) is 65.6 Å². The molecular weight excluding hydrogens is 300 g/mol. The Balaban J connectivity index is 2.08. The Hall–Kier alpha value is -3.21. The van der Waals surface area contributed by atoms with Crippen molar-refractivity contribution in [2.24, 2.45) is 0 Å². The van der Waals surface area contributed by atoms with Crippen LogP contribution in [-0.2, 0) is 0 Å². The van der Waals surface area contributed by atoms with E-state index in [0.717, 1.165) is 28.0 Å². The molecule has 0 saturated heterocycles. The lowest BCUT2D eigenvalue weighted by Gasteiger charge is -2.09. The number of aryl methyl sites for hydroxylation is 2. The molecule has 5 heteroatoms. The van der Waals surface area contributed by atoms with Gasteiger partial charge in [-0.3, -0.25) is 4.79 Å². The molecule has 2 aromatic carbocycles. The molecule has 5 nitrogen and oxygen atoms in total. The van der Waals surface area contributed by atoms with Crippen molar-refractivity contribution in [2.45, 2.75) is 13.8 Å². The molecule has 0 atom stereocenters. The maximum atomic E-state index is 13.1. The summed E-state index contributed by atoms with van der Waals surface area (Å²) < 4.78 is 3.15. The first-order valence-electron chi connectivity index (χ1n) is 7.76. The summed E-state index contributed by atoms with van der Waals surface area (Å²) >= 11 is 0. The smallest absolute Gasteiger partial charge is 0.265 e. The van der Waals surface area contributed by atoms with Crippen molar-refractivity contribution in [1.82, 2.24) is 19.6 Å². The first-order valence-corrected chi connectivity index (χ1v) is 7.76. The van der Waals surface area contributed by atoms with Gasteiger partial charge in [-0.15, -0.1) is 0 Å². The highest BCUT2D eigenvalue weighted by molar-refractivity contribution is 5.81. The number of aromatic nitrogens is 4. The Morgan fingerprint density at radius 2 is 1.58 bits per heavy atom. The van der Waals surface area contributed by atoms with Gasteiger partial charge in [-0.1, -0.05) is 36.4 Å². The van der Waals surface area contributed by atoms with Gasteiger partial charge >= 0.3 is 0 Å². The molecule has 2 aromatic heterocycles. The monoisotopic (exact) mass is 316 g/mol. The Kier molecular flexibility index (Phi) is 3.27. The first-order chi connectivity index (χ1) is 11.7. The normalized spacial score (nSPS) is 11.1. The highest BCUT2D eigenvalue weighted by atomic mass is 16.1. The second kappa shape index (κ2) is 5.45. The van der Waals surface area contributed by atoms with Gasteiger partial charge in [0, 0.05) is 5.39 Å². The second-order valence-electron chi connectivity index (χ2n) is 5.74. The van der Waals surface area contributed by atoms with Crippen LogP contribution >= 0.6 is 0 Å². The van der Waals surface area contributed by atoms with E-state index in [2.05, 4.69) is 10.2 Å². The molecule has 0 aliphatic rings. The lowest BCUT2D eigenvalue weighted by molar-refractivity contribution is 0.790. The zero-order valence-corrected chi connectivity index (χ0v) is 13.5. The summed E-state index contributed by atoms with van der Waals surface area (Å²) in [5.41, 5.74) is 3.83. The molecular formula is C19H16N4O. The summed E-state index contributed by atoms with van der Waals surface area (Å²) in [6, 6.07) is 17.3. The van der Waals surface area contributed by atoms with Gasteiger partial charge in [0.25, 0.3) is 5.56 Å². The highest BCUT2D eigenvalue weighted by Crippen LogP contribution is 2.20. The maximum Gasteiger partial charge on any atom is 0.298 e. The van der Waals surface area contributed by atoms with Crippen LogP contribution in [0.25, 0.3) is 22.3 Å². The van der Waals surface area contributed by atoms with Crippen molar-refractivity contribution in [3.8, 4) is 11.4 Å². The van der Waals surface area contributed by atoms with Crippen molar-refractivity contribution in [2.75, 3.05) is 0 Å². The molecule has 0 unspecified atom stereocenters. The molecule has 0 aliphatic carbocycles. The number of hydrogen-bond donors (Lipinski definition) is 0. The minimum atomic E-state index is -0.178. The number of nitrogens with zero attached hydrogens (tertiary/aromatic N) is 4. The first kappa shape index (κ1) is 14.4. The van der Waals surface area contributed by atoms with E-state index in [1.54, 1.807) is 10.9 Å². The van der Waals surface area contributed by atoms with E-state index >= 15 is 0 Å². The minimum Gasteiger partial charge on any atom is -0.265 e. The predicted molar refractivity (Wildman–Crippen MR) is 93.9 cm³/mol. The van der Waals surface area contributed by atoms with Gasteiger partial charge in [0.2, 0.25) is 0 Å². The van der Waals surface area contributed by atoms with Crippen LogP contribution in [0.2, 0.25) is 0 Å². The minimum absolute atomic E-state index is 0.178. The van der Waals surface area contributed by atoms with Gasteiger partial charge in [0.1, 0.15) is 5.52 Å². The van der Waals surface area contributed by atoms with Gasteiger partial charge < -0.3 is 0 Å². The van der Waals surface area contributed by atoms with E-state index in [1.165, 1.54) is 4.68 Å². The van der Waals surface area contributed by atoms with Crippen LogP contribution in [0.3, 0.4) is 0 Å². The molecule has 4 aromatic rings. The summed E-state index contributed by atoms with van der Waals surface area (Å²) in [5.74, 6) is 0. The Labute approximate surface area is 138 Å². The molecule has 0 fully saturated rings.